The van der Waals surface area contributed by atoms with Gasteiger partial charge in [0.25, 0.3) is 0 Å². The predicted molar refractivity (Wildman–Crippen MR) is 169 cm³/mol. The number of nitrogens with zero attached hydrogens (tertiary/aromatic N) is 5. The summed E-state index contributed by atoms with van der Waals surface area (Å²) in [5.74, 6) is 0.204. The Morgan fingerprint density at radius 2 is 1.56 bits per heavy atom. The first-order valence-electron chi connectivity index (χ1n) is 14.3. The lowest BCUT2D eigenvalue weighted by molar-refractivity contribution is 0.728. The van der Waals surface area contributed by atoms with Crippen molar-refractivity contribution in [3.63, 3.8) is 0 Å². The largest absolute Gasteiger partial charge is 0.332 e. The van der Waals surface area contributed by atoms with Gasteiger partial charge in [-0.3, -0.25) is 0 Å². The summed E-state index contributed by atoms with van der Waals surface area (Å²) < 4.78 is 2.20. The summed E-state index contributed by atoms with van der Waals surface area (Å²) in [6, 6.07) is 33.5. The second kappa shape index (κ2) is 9.49. The number of hydrogen-bond acceptors (Lipinski definition) is 4. The van der Waals surface area contributed by atoms with Gasteiger partial charge in [0.1, 0.15) is 6.07 Å². The van der Waals surface area contributed by atoms with Gasteiger partial charge in [-0.25, -0.2) is 0 Å². The van der Waals surface area contributed by atoms with Gasteiger partial charge >= 0.3 is 0 Å². The molecule has 5 nitrogen and oxygen atoms in total. The molecule has 43 heavy (non-hydrogen) atoms. The predicted octanol–water partition coefficient (Wildman–Crippen LogP) is 8.33. The van der Waals surface area contributed by atoms with E-state index in [-0.39, 0.29) is 12.0 Å². The average Bonchev–Trinajstić information content (AvgIpc) is 3.76. The number of benzene rings is 4. The van der Waals surface area contributed by atoms with Crippen LogP contribution in [0, 0.1) is 34.0 Å². The SMILES string of the molecule is N#CC1=CCC=C1N1c2cc(-c3cccc4c5cc(C#N)ccc5n(-c5cccc(C#N)c5)c34)ccc2C2C=CC=CC21. The van der Waals surface area contributed by atoms with Gasteiger partial charge < -0.3 is 9.47 Å². The highest BCUT2D eigenvalue weighted by Gasteiger charge is 2.39. The Hall–Kier alpha value is -6.09. The molecule has 0 N–H and O–H groups in total. The monoisotopic (exact) mass is 549 g/mol. The first-order valence-corrected chi connectivity index (χ1v) is 14.3. The molecule has 2 unspecified atom stereocenters. The number of aromatic nitrogens is 1. The van der Waals surface area contributed by atoms with Crippen LogP contribution in [-0.4, -0.2) is 10.6 Å². The quantitative estimate of drug-likeness (QED) is 0.227. The molecule has 0 radical (unpaired) electrons. The van der Waals surface area contributed by atoms with Crippen molar-refractivity contribution in [3.05, 3.63) is 143 Å². The molecule has 0 amide bonds. The van der Waals surface area contributed by atoms with Crippen molar-refractivity contribution in [3.8, 4) is 35.0 Å². The molecule has 0 saturated heterocycles. The molecule has 2 atom stereocenters. The highest BCUT2D eigenvalue weighted by atomic mass is 15.2. The molecule has 3 aliphatic rings. The molecule has 0 saturated carbocycles. The van der Waals surface area contributed by atoms with Crippen LogP contribution in [0.2, 0.25) is 0 Å². The van der Waals surface area contributed by atoms with Gasteiger partial charge in [-0.2, -0.15) is 15.8 Å². The maximum Gasteiger partial charge on any atom is 0.101 e. The molecule has 0 bridgehead atoms. The van der Waals surface area contributed by atoms with Gasteiger partial charge in [-0.05, 0) is 60.0 Å². The third-order valence-electron chi connectivity index (χ3n) is 8.80. The Morgan fingerprint density at radius 3 is 2.42 bits per heavy atom. The maximum absolute atomic E-state index is 9.91. The van der Waals surface area contributed by atoms with E-state index < -0.39 is 0 Å². The van der Waals surface area contributed by atoms with Crippen molar-refractivity contribution in [2.75, 3.05) is 4.90 Å². The van der Waals surface area contributed by atoms with Crippen molar-refractivity contribution < 1.29 is 0 Å². The fraction of sp³-hybridized carbons (Fsp3) is 0.0789. The standard InChI is InChI=1S/C38H23N5/c39-21-24-6-3-8-28(18-24)42-36-17-14-25(22-40)19-33(36)32-11-5-10-29(38(32)42)26-15-16-31-30-9-1-2-12-35(30)43(37(31)20-26)34-13-4-7-27(34)23-41/h1-3,5-20,30,35H,4H2. The molecule has 5 heteroatoms. The minimum absolute atomic E-state index is 0.108. The highest BCUT2D eigenvalue weighted by Crippen LogP contribution is 2.49. The second-order valence-electron chi connectivity index (χ2n) is 11.0. The number of rotatable bonds is 3. The fourth-order valence-electron chi connectivity index (χ4n) is 6.97. The Morgan fingerprint density at radius 1 is 0.721 bits per heavy atom. The van der Waals surface area contributed by atoms with Crippen LogP contribution in [0.3, 0.4) is 0 Å². The number of nitriles is 3. The van der Waals surface area contributed by atoms with Crippen molar-refractivity contribution in [1.29, 1.82) is 15.8 Å². The third kappa shape index (κ3) is 3.61. The van der Waals surface area contributed by atoms with Crippen LogP contribution < -0.4 is 4.90 Å². The third-order valence-corrected chi connectivity index (χ3v) is 8.80. The summed E-state index contributed by atoms with van der Waals surface area (Å²) in [6.45, 7) is 0. The normalized spacial score (nSPS) is 18.1. The summed E-state index contributed by atoms with van der Waals surface area (Å²) in [5, 5.41) is 31.3. The number of fused-ring (bicyclic) bond motifs is 6. The minimum atomic E-state index is 0.108. The van der Waals surface area contributed by atoms with Gasteiger partial charge in [-0.15, -0.1) is 0 Å². The number of hydrogen-bond donors (Lipinski definition) is 0. The summed E-state index contributed by atoms with van der Waals surface area (Å²) in [7, 11) is 0. The Balaban J connectivity index is 1.40. The first-order chi connectivity index (χ1) is 21.2. The molecular weight excluding hydrogens is 526 g/mol. The summed E-state index contributed by atoms with van der Waals surface area (Å²) >= 11 is 0. The maximum atomic E-state index is 9.91. The summed E-state index contributed by atoms with van der Waals surface area (Å²) in [5.41, 5.74) is 10.2. The summed E-state index contributed by atoms with van der Waals surface area (Å²) in [4.78, 5) is 2.33. The first kappa shape index (κ1) is 24.7. The zero-order chi connectivity index (χ0) is 29.1. The second-order valence-corrected chi connectivity index (χ2v) is 11.0. The van der Waals surface area contributed by atoms with Crippen LogP contribution in [0.25, 0.3) is 38.6 Å². The van der Waals surface area contributed by atoms with E-state index in [4.69, 9.17) is 0 Å². The zero-order valence-corrected chi connectivity index (χ0v) is 23.1. The molecule has 1 aliphatic heterocycles. The van der Waals surface area contributed by atoms with E-state index in [1.807, 2.05) is 48.5 Å². The molecule has 8 rings (SSSR count). The highest BCUT2D eigenvalue weighted by molar-refractivity contribution is 6.14. The number of para-hydroxylation sites is 1. The van der Waals surface area contributed by atoms with Gasteiger partial charge in [0.15, 0.2) is 0 Å². The van der Waals surface area contributed by atoms with Crippen LogP contribution in [0.5, 0.6) is 0 Å². The number of anilines is 1. The van der Waals surface area contributed by atoms with Crippen LogP contribution in [-0.2, 0) is 0 Å². The molecule has 4 aromatic carbocycles. The van der Waals surface area contributed by atoms with E-state index in [0.29, 0.717) is 16.7 Å². The Bertz CT molecular complexity index is 2270. The average molecular weight is 550 g/mol. The lowest BCUT2D eigenvalue weighted by atomic mass is 9.90. The van der Waals surface area contributed by atoms with Crippen LogP contribution in [0.15, 0.2) is 127 Å². The van der Waals surface area contributed by atoms with E-state index in [9.17, 15) is 15.8 Å². The molecule has 0 spiro atoms. The van der Waals surface area contributed by atoms with E-state index in [0.717, 1.165) is 56.4 Å². The van der Waals surface area contributed by atoms with Crippen LogP contribution in [0.4, 0.5) is 5.69 Å². The molecule has 2 heterocycles. The van der Waals surface area contributed by atoms with Gasteiger partial charge in [0.2, 0.25) is 0 Å². The van der Waals surface area contributed by atoms with E-state index in [1.54, 1.807) is 0 Å². The zero-order valence-electron chi connectivity index (χ0n) is 23.1. The van der Waals surface area contributed by atoms with Crippen molar-refractivity contribution in [2.45, 2.75) is 18.4 Å². The molecule has 1 aromatic heterocycles. The fourth-order valence-corrected chi connectivity index (χ4v) is 6.97. The van der Waals surface area contributed by atoms with E-state index in [1.165, 1.54) is 5.56 Å². The van der Waals surface area contributed by atoms with Gasteiger partial charge in [0.05, 0.1) is 51.6 Å². The van der Waals surface area contributed by atoms with Gasteiger partial charge in [-0.1, -0.05) is 72.9 Å². The molecule has 2 aliphatic carbocycles. The lowest BCUT2D eigenvalue weighted by Gasteiger charge is -2.29. The molecule has 0 fully saturated rings. The molecule has 200 valence electrons. The summed E-state index contributed by atoms with van der Waals surface area (Å²) in [6.07, 6.45) is 13.6. The molecule has 5 aromatic rings. The van der Waals surface area contributed by atoms with E-state index in [2.05, 4.69) is 94.5 Å². The molecular formula is C38H23N5. The van der Waals surface area contributed by atoms with Crippen LogP contribution in [0.1, 0.15) is 29.0 Å². The van der Waals surface area contributed by atoms with Crippen molar-refractivity contribution in [1.82, 2.24) is 4.57 Å². The van der Waals surface area contributed by atoms with Crippen molar-refractivity contribution in [2.24, 2.45) is 0 Å². The van der Waals surface area contributed by atoms with E-state index >= 15 is 0 Å². The van der Waals surface area contributed by atoms with Gasteiger partial charge in [0, 0.05) is 33.6 Å². The Labute approximate surface area is 249 Å². The van der Waals surface area contributed by atoms with Crippen molar-refractivity contribution >= 4 is 27.5 Å². The lowest BCUT2D eigenvalue weighted by Crippen LogP contribution is -2.32. The van der Waals surface area contributed by atoms with Crippen LogP contribution >= 0.6 is 0 Å². The Kier molecular flexibility index (Phi) is 5.45. The topological polar surface area (TPSA) is 79.5 Å². The smallest absolute Gasteiger partial charge is 0.101 e. The minimum Gasteiger partial charge on any atom is -0.332 e. The number of allylic oxidation sites excluding steroid dienone is 5.